The first-order chi connectivity index (χ1) is 17.3. The summed E-state index contributed by atoms with van der Waals surface area (Å²) in [6, 6.07) is 17.0. The largest absolute Gasteiger partial charge is 0.305 e. The molecule has 0 atom stereocenters. The molecule has 0 saturated heterocycles. The lowest BCUT2D eigenvalue weighted by molar-refractivity contribution is 0.102. The molecule has 0 saturated carbocycles. The van der Waals surface area contributed by atoms with E-state index >= 15 is 0 Å². The molecule has 182 valence electrons. The second kappa shape index (κ2) is 9.67. The third kappa shape index (κ3) is 4.67. The normalized spacial score (nSPS) is 11.4. The molecular formula is C25H18Cl2F2N6O. The van der Waals surface area contributed by atoms with E-state index in [1.165, 1.54) is 12.3 Å². The number of nitrogens with one attached hydrogen (secondary N) is 1. The molecule has 0 fully saturated rings. The summed E-state index contributed by atoms with van der Waals surface area (Å²) in [7, 11) is 0. The van der Waals surface area contributed by atoms with Gasteiger partial charge in [0.1, 0.15) is 11.3 Å². The summed E-state index contributed by atoms with van der Waals surface area (Å²) < 4.78 is 30.3. The van der Waals surface area contributed by atoms with E-state index in [9.17, 15) is 13.6 Å². The summed E-state index contributed by atoms with van der Waals surface area (Å²) in [5.74, 6) is -0.285. The lowest BCUT2D eigenvalue weighted by atomic mass is 10.1. The van der Waals surface area contributed by atoms with Gasteiger partial charge in [-0.15, -0.1) is 0 Å². The van der Waals surface area contributed by atoms with E-state index in [2.05, 4.69) is 20.5 Å². The van der Waals surface area contributed by atoms with Crippen molar-refractivity contribution in [3.05, 3.63) is 99.4 Å². The number of aryl methyl sites for hydroxylation is 1. The van der Waals surface area contributed by atoms with Crippen LogP contribution in [0, 0.1) is 6.92 Å². The van der Waals surface area contributed by atoms with Crippen LogP contribution in [0.4, 0.5) is 14.6 Å². The highest BCUT2D eigenvalue weighted by Gasteiger charge is 2.22. The molecule has 11 heteroatoms. The number of alkyl halides is 2. The van der Waals surface area contributed by atoms with Crippen molar-refractivity contribution in [3.8, 4) is 11.3 Å². The highest BCUT2D eigenvalue weighted by molar-refractivity contribution is 6.35. The summed E-state index contributed by atoms with van der Waals surface area (Å²) in [6.45, 7) is 2.21. The van der Waals surface area contributed by atoms with E-state index < -0.39 is 12.3 Å². The Balaban J connectivity index is 1.45. The Bertz CT molecular complexity index is 1580. The molecule has 0 aliphatic carbocycles. The van der Waals surface area contributed by atoms with Crippen LogP contribution < -0.4 is 5.32 Å². The molecule has 36 heavy (non-hydrogen) atoms. The summed E-state index contributed by atoms with van der Waals surface area (Å²) >= 11 is 12.2. The number of carbonyl (C=O) groups is 1. The Morgan fingerprint density at radius 1 is 1.08 bits per heavy atom. The van der Waals surface area contributed by atoms with Crippen molar-refractivity contribution in [3.63, 3.8) is 0 Å². The highest BCUT2D eigenvalue weighted by Crippen LogP contribution is 2.27. The summed E-state index contributed by atoms with van der Waals surface area (Å²) in [5, 5.41) is 12.2. The molecule has 0 radical (unpaired) electrons. The van der Waals surface area contributed by atoms with Crippen molar-refractivity contribution >= 4 is 40.6 Å². The van der Waals surface area contributed by atoms with E-state index in [-0.39, 0.29) is 22.7 Å². The first kappa shape index (κ1) is 23.9. The molecule has 0 bridgehead atoms. The van der Waals surface area contributed by atoms with Crippen LogP contribution in [0.5, 0.6) is 0 Å². The van der Waals surface area contributed by atoms with Crippen LogP contribution in [0.2, 0.25) is 10.0 Å². The van der Waals surface area contributed by atoms with E-state index in [1.807, 2.05) is 13.0 Å². The van der Waals surface area contributed by atoms with Gasteiger partial charge in [-0.05, 0) is 30.7 Å². The molecule has 5 rings (SSSR count). The number of carbonyl (C=O) groups excluding carboxylic acids is 1. The molecule has 1 N–H and O–H groups in total. The zero-order valence-corrected chi connectivity index (χ0v) is 20.3. The topological polar surface area (TPSA) is 77.1 Å². The van der Waals surface area contributed by atoms with Crippen molar-refractivity contribution in [1.29, 1.82) is 0 Å². The fraction of sp³-hybridized carbons (Fsp3) is 0.120. The summed E-state index contributed by atoms with van der Waals surface area (Å²) in [6.07, 6.45) is -1.60. The second-order valence-electron chi connectivity index (χ2n) is 8.05. The van der Waals surface area contributed by atoms with Crippen LogP contribution >= 0.6 is 23.2 Å². The molecule has 0 aliphatic rings. The molecule has 5 aromatic rings. The lowest BCUT2D eigenvalue weighted by Gasteiger charge is -2.08. The number of amides is 1. The van der Waals surface area contributed by atoms with Gasteiger partial charge in [0.15, 0.2) is 11.5 Å². The minimum absolute atomic E-state index is 0.0215. The summed E-state index contributed by atoms with van der Waals surface area (Å²) in [5.41, 5.74) is 2.25. The Hall–Kier alpha value is -3.82. The maximum atomic E-state index is 13.8. The Labute approximate surface area is 214 Å². The van der Waals surface area contributed by atoms with Crippen molar-refractivity contribution in [2.45, 2.75) is 19.9 Å². The molecule has 3 aromatic heterocycles. The SMILES string of the molecule is Cc1cc(NC(=O)c2cnn3c(C(F)F)cc(-c4ccccc4)nc23)nn1Cc1ccc(Cl)cc1Cl. The van der Waals surface area contributed by atoms with Crippen molar-refractivity contribution in [2.24, 2.45) is 0 Å². The van der Waals surface area contributed by atoms with E-state index in [0.29, 0.717) is 27.8 Å². The molecule has 0 aliphatic heterocycles. The zero-order valence-electron chi connectivity index (χ0n) is 18.8. The summed E-state index contributed by atoms with van der Waals surface area (Å²) in [4.78, 5) is 17.6. The van der Waals surface area contributed by atoms with Gasteiger partial charge >= 0.3 is 0 Å². The van der Waals surface area contributed by atoms with Gasteiger partial charge in [-0.1, -0.05) is 59.6 Å². The van der Waals surface area contributed by atoms with Gasteiger partial charge < -0.3 is 5.32 Å². The first-order valence-electron chi connectivity index (χ1n) is 10.8. The molecule has 0 spiro atoms. The monoisotopic (exact) mass is 526 g/mol. The van der Waals surface area contributed by atoms with Gasteiger partial charge in [0.25, 0.3) is 12.3 Å². The molecule has 7 nitrogen and oxygen atoms in total. The smallest absolute Gasteiger partial charge is 0.280 e. The number of hydrogen-bond acceptors (Lipinski definition) is 4. The van der Waals surface area contributed by atoms with E-state index in [1.54, 1.807) is 53.2 Å². The van der Waals surface area contributed by atoms with Crippen LogP contribution in [0.1, 0.15) is 33.7 Å². The highest BCUT2D eigenvalue weighted by atomic mass is 35.5. The molecule has 3 heterocycles. The number of aromatic nitrogens is 5. The predicted molar refractivity (Wildman–Crippen MR) is 134 cm³/mol. The number of anilines is 1. The van der Waals surface area contributed by atoms with Crippen LogP contribution in [0.25, 0.3) is 16.9 Å². The Morgan fingerprint density at radius 3 is 2.58 bits per heavy atom. The third-order valence-corrected chi connectivity index (χ3v) is 6.18. The Kier molecular flexibility index (Phi) is 6.42. The Morgan fingerprint density at radius 2 is 1.86 bits per heavy atom. The van der Waals surface area contributed by atoms with Gasteiger partial charge in [0.2, 0.25) is 0 Å². The van der Waals surface area contributed by atoms with Crippen molar-refractivity contribution < 1.29 is 13.6 Å². The number of benzene rings is 2. The maximum absolute atomic E-state index is 13.8. The number of rotatable bonds is 6. The third-order valence-electron chi connectivity index (χ3n) is 5.60. The van der Waals surface area contributed by atoms with Crippen molar-refractivity contribution in [2.75, 3.05) is 5.32 Å². The number of fused-ring (bicyclic) bond motifs is 1. The fourth-order valence-corrected chi connectivity index (χ4v) is 4.25. The molecule has 2 aromatic carbocycles. The zero-order chi connectivity index (χ0) is 25.4. The van der Waals surface area contributed by atoms with Gasteiger partial charge in [-0.25, -0.2) is 18.3 Å². The van der Waals surface area contributed by atoms with Gasteiger partial charge in [0, 0.05) is 27.4 Å². The molecule has 0 unspecified atom stereocenters. The predicted octanol–water partition coefficient (Wildman–Crippen LogP) is 6.45. The van der Waals surface area contributed by atoms with Gasteiger partial charge in [-0.3, -0.25) is 9.48 Å². The quantitative estimate of drug-likeness (QED) is 0.276. The van der Waals surface area contributed by atoms with Crippen LogP contribution in [0.3, 0.4) is 0 Å². The molecule has 1 amide bonds. The average molecular weight is 527 g/mol. The second-order valence-corrected chi connectivity index (χ2v) is 8.89. The van der Waals surface area contributed by atoms with Crippen molar-refractivity contribution in [1.82, 2.24) is 24.4 Å². The minimum atomic E-state index is -2.81. The number of nitrogens with zero attached hydrogens (tertiary/aromatic N) is 5. The lowest BCUT2D eigenvalue weighted by Crippen LogP contribution is -2.14. The van der Waals surface area contributed by atoms with Crippen LogP contribution in [-0.2, 0) is 6.54 Å². The maximum Gasteiger partial charge on any atom is 0.280 e. The van der Waals surface area contributed by atoms with Crippen LogP contribution in [0.15, 0.2) is 66.9 Å². The number of hydrogen-bond donors (Lipinski definition) is 1. The average Bonchev–Trinajstić information content (AvgIpc) is 3.43. The van der Waals surface area contributed by atoms with Gasteiger partial charge in [-0.2, -0.15) is 10.2 Å². The fourth-order valence-electron chi connectivity index (χ4n) is 3.78. The molecular weight excluding hydrogens is 509 g/mol. The standard InChI is InChI=1S/C25H18Cl2F2N6O/c1-14-9-22(33-34(14)13-16-7-8-17(26)10-19(16)27)32-25(36)18-12-30-35-21(23(28)29)11-20(31-24(18)35)15-5-3-2-4-6-15/h2-12,23H,13H2,1H3,(H,32,33,36). The first-order valence-corrected chi connectivity index (χ1v) is 11.6. The van der Waals surface area contributed by atoms with Gasteiger partial charge in [0.05, 0.1) is 18.4 Å². The van der Waals surface area contributed by atoms with E-state index in [0.717, 1.165) is 15.8 Å². The number of halogens is 4. The van der Waals surface area contributed by atoms with E-state index in [4.69, 9.17) is 23.2 Å². The minimum Gasteiger partial charge on any atom is -0.305 e. The van der Waals surface area contributed by atoms with Crippen LogP contribution in [-0.4, -0.2) is 30.3 Å².